The van der Waals surface area contributed by atoms with Crippen molar-refractivity contribution in [2.45, 2.75) is 6.42 Å². The van der Waals surface area contributed by atoms with Crippen LogP contribution in [-0.2, 0) is 9.53 Å². The van der Waals surface area contributed by atoms with E-state index < -0.39 is 0 Å². The summed E-state index contributed by atoms with van der Waals surface area (Å²) in [5.74, 6) is 0.327. The largest absolute Gasteiger partial charge is 0.426 e. The summed E-state index contributed by atoms with van der Waals surface area (Å²) in [6, 6.07) is 9.11. The molecule has 3 heteroatoms. The molecule has 1 aromatic carbocycles. The van der Waals surface area contributed by atoms with Crippen LogP contribution in [0.25, 0.3) is 0 Å². The summed E-state index contributed by atoms with van der Waals surface area (Å²) in [5.41, 5.74) is 0. The van der Waals surface area contributed by atoms with Crippen LogP contribution >= 0.6 is 0 Å². The van der Waals surface area contributed by atoms with Gasteiger partial charge in [0, 0.05) is 6.61 Å². The van der Waals surface area contributed by atoms with E-state index in [-0.39, 0.29) is 11.9 Å². The second kappa shape index (κ2) is 4.24. The zero-order valence-electron chi connectivity index (χ0n) is 7.81. The molecule has 1 fully saturated rings. The van der Waals surface area contributed by atoms with Gasteiger partial charge in [-0.1, -0.05) is 18.2 Å². The van der Waals surface area contributed by atoms with Gasteiger partial charge < -0.3 is 9.47 Å². The summed E-state index contributed by atoms with van der Waals surface area (Å²) in [5, 5.41) is 0. The van der Waals surface area contributed by atoms with Gasteiger partial charge in [-0.2, -0.15) is 0 Å². The van der Waals surface area contributed by atoms with Crippen molar-refractivity contribution in [3.63, 3.8) is 0 Å². The Morgan fingerprint density at radius 3 is 2.79 bits per heavy atom. The Balaban J connectivity index is 1.94. The van der Waals surface area contributed by atoms with Crippen molar-refractivity contribution in [1.82, 2.24) is 0 Å². The monoisotopic (exact) mass is 192 g/mol. The van der Waals surface area contributed by atoms with Gasteiger partial charge in [-0.15, -0.1) is 0 Å². The zero-order valence-corrected chi connectivity index (χ0v) is 7.81. The average Bonchev–Trinajstić information content (AvgIpc) is 2.72. The summed E-state index contributed by atoms with van der Waals surface area (Å²) in [4.78, 5) is 11.5. The number of hydrogen-bond donors (Lipinski definition) is 0. The van der Waals surface area contributed by atoms with E-state index in [0.717, 1.165) is 6.42 Å². The third-order valence-corrected chi connectivity index (χ3v) is 2.22. The SMILES string of the molecule is O=C(Oc1ccccc1)C1CCOC1. The van der Waals surface area contributed by atoms with Gasteiger partial charge in [-0.05, 0) is 18.6 Å². The number of benzene rings is 1. The molecule has 0 aliphatic carbocycles. The number of carbonyl (C=O) groups is 1. The van der Waals surface area contributed by atoms with Gasteiger partial charge in [-0.25, -0.2) is 0 Å². The topological polar surface area (TPSA) is 35.5 Å². The maximum Gasteiger partial charge on any atom is 0.316 e. The highest BCUT2D eigenvalue weighted by Crippen LogP contribution is 2.16. The first kappa shape index (κ1) is 9.21. The highest BCUT2D eigenvalue weighted by Gasteiger charge is 2.25. The second-order valence-electron chi connectivity index (χ2n) is 3.29. The lowest BCUT2D eigenvalue weighted by atomic mass is 10.1. The predicted octanol–water partition coefficient (Wildman–Crippen LogP) is 1.63. The molecule has 2 rings (SSSR count). The molecular weight excluding hydrogens is 180 g/mol. The molecule has 0 aromatic heterocycles. The van der Waals surface area contributed by atoms with E-state index in [1.807, 2.05) is 18.2 Å². The summed E-state index contributed by atoms with van der Waals surface area (Å²) in [7, 11) is 0. The molecular formula is C11H12O3. The van der Waals surface area contributed by atoms with Crippen molar-refractivity contribution < 1.29 is 14.3 Å². The van der Waals surface area contributed by atoms with Crippen LogP contribution < -0.4 is 4.74 Å². The predicted molar refractivity (Wildman–Crippen MR) is 51.0 cm³/mol. The van der Waals surface area contributed by atoms with E-state index in [2.05, 4.69) is 0 Å². The molecule has 0 radical (unpaired) electrons. The van der Waals surface area contributed by atoms with Crippen molar-refractivity contribution >= 4 is 5.97 Å². The Labute approximate surface area is 82.6 Å². The molecule has 3 nitrogen and oxygen atoms in total. The molecule has 1 aliphatic rings. The summed E-state index contributed by atoms with van der Waals surface area (Å²) >= 11 is 0. The molecule has 1 heterocycles. The highest BCUT2D eigenvalue weighted by atomic mass is 16.5. The fourth-order valence-corrected chi connectivity index (χ4v) is 1.41. The maximum absolute atomic E-state index is 11.5. The van der Waals surface area contributed by atoms with Crippen LogP contribution in [0, 0.1) is 5.92 Å². The van der Waals surface area contributed by atoms with Crippen LogP contribution in [0.15, 0.2) is 30.3 Å². The lowest BCUT2D eigenvalue weighted by molar-refractivity contribution is -0.138. The van der Waals surface area contributed by atoms with Crippen LogP contribution in [0.5, 0.6) is 5.75 Å². The Kier molecular flexibility index (Phi) is 2.79. The minimum Gasteiger partial charge on any atom is -0.426 e. The number of ether oxygens (including phenoxy) is 2. The van der Waals surface area contributed by atoms with Gasteiger partial charge in [0.25, 0.3) is 0 Å². The number of hydrogen-bond acceptors (Lipinski definition) is 3. The van der Waals surface area contributed by atoms with Gasteiger partial charge in [-0.3, -0.25) is 4.79 Å². The first-order valence-corrected chi connectivity index (χ1v) is 4.71. The average molecular weight is 192 g/mol. The lowest BCUT2D eigenvalue weighted by Crippen LogP contribution is -2.20. The minimum atomic E-state index is -0.186. The summed E-state index contributed by atoms with van der Waals surface area (Å²) < 4.78 is 10.3. The van der Waals surface area contributed by atoms with Crippen LogP contribution in [0.2, 0.25) is 0 Å². The van der Waals surface area contributed by atoms with Crippen molar-refractivity contribution in [2.24, 2.45) is 5.92 Å². The van der Waals surface area contributed by atoms with Gasteiger partial charge >= 0.3 is 5.97 Å². The van der Waals surface area contributed by atoms with Crippen molar-refractivity contribution in [2.75, 3.05) is 13.2 Å². The first-order valence-electron chi connectivity index (χ1n) is 4.71. The molecule has 0 amide bonds. The lowest BCUT2D eigenvalue weighted by Gasteiger charge is -2.07. The molecule has 0 N–H and O–H groups in total. The standard InChI is InChI=1S/C11H12O3/c12-11(9-6-7-13-8-9)14-10-4-2-1-3-5-10/h1-5,9H,6-8H2. The Bertz CT molecular complexity index is 302. The smallest absolute Gasteiger partial charge is 0.316 e. The van der Waals surface area contributed by atoms with E-state index in [9.17, 15) is 4.79 Å². The fraction of sp³-hybridized carbons (Fsp3) is 0.364. The summed E-state index contributed by atoms with van der Waals surface area (Å²) in [6.07, 6.45) is 0.770. The van der Waals surface area contributed by atoms with E-state index in [0.29, 0.717) is 19.0 Å². The van der Waals surface area contributed by atoms with E-state index in [1.165, 1.54) is 0 Å². The molecule has 1 aromatic rings. The second-order valence-corrected chi connectivity index (χ2v) is 3.29. The highest BCUT2D eigenvalue weighted by molar-refractivity contribution is 5.75. The van der Waals surface area contributed by atoms with Crippen molar-refractivity contribution in [1.29, 1.82) is 0 Å². The quantitative estimate of drug-likeness (QED) is 0.527. The Hall–Kier alpha value is -1.35. The molecule has 1 saturated heterocycles. The number of para-hydroxylation sites is 1. The fourth-order valence-electron chi connectivity index (χ4n) is 1.41. The molecule has 0 spiro atoms. The number of rotatable bonds is 2. The molecule has 0 saturated carbocycles. The summed E-state index contributed by atoms with van der Waals surface area (Å²) in [6.45, 7) is 1.15. The van der Waals surface area contributed by atoms with Crippen LogP contribution in [0.1, 0.15) is 6.42 Å². The van der Waals surface area contributed by atoms with E-state index in [4.69, 9.17) is 9.47 Å². The molecule has 1 atom stereocenters. The van der Waals surface area contributed by atoms with Gasteiger partial charge in [0.1, 0.15) is 5.75 Å². The van der Waals surface area contributed by atoms with Crippen LogP contribution in [0.4, 0.5) is 0 Å². The van der Waals surface area contributed by atoms with Gasteiger partial charge in [0.15, 0.2) is 0 Å². The Morgan fingerprint density at radius 2 is 2.14 bits per heavy atom. The molecule has 1 aliphatic heterocycles. The first-order chi connectivity index (χ1) is 6.86. The molecule has 74 valence electrons. The number of esters is 1. The van der Waals surface area contributed by atoms with Gasteiger partial charge in [0.05, 0.1) is 12.5 Å². The normalized spacial score (nSPS) is 20.7. The van der Waals surface area contributed by atoms with E-state index in [1.54, 1.807) is 12.1 Å². The van der Waals surface area contributed by atoms with Crippen molar-refractivity contribution in [3.8, 4) is 5.75 Å². The molecule has 14 heavy (non-hydrogen) atoms. The van der Waals surface area contributed by atoms with Crippen LogP contribution in [-0.4, -0.2) is 19.2 Å². The third kappa shape index (κ3) is 2.12. The van der Waals surface area contributed by atoms with Gasteiger partial charge in [0.2, 0.25) is 0 Å². The molecule has 0 bridgehead atoms. The number of carbonyl (C=O) groups excluding carboxylic acids is 1. The van der Waals surface area contributed by atoms with E-state index >= 15 is 0 Å². The third-order valence-electron chi connectivity index (χ3n) is 2.22. The Morgan fingerprint density at radius 1 is 1.36 bits per heavy atom. The van der Waals surface area contributed by atoms with Crippen molar-refractivity contribution in [3.05, 3.63) is 30.3 Å². The molecule has 1 unspecified atom stereocenters. The van der Waals surface area contributed by atoms with Crippen LogP contribution in [0.3, 0.4) is 0 Å². The maximum atomic E-state index is 11.5. The minimum absolute atomic E-state index is 0.0878. The zero-order chi connectivity index (χ0) is 9.80.